The Labute approximate surface area is 198 Å². The number of piperazine rings is 1. The third-order valence-corrected chi connectivity index (χ3v) is 7.06. The molecule has 1 fully saturated rings. The van der Waals surface area contributed by atoms with Crippen molar-refractivity contribution in [2.75, 3.05) is 38.1 Å². The monoisotopic (exact) mass is 452 g/mol. The van der Waals surface area contributed by atoms with Crippen molar-refractivity contribution in [3.8, 4) is 22.3 Å². The molecule has 8 nitrogen and oxygen atoms in total. The molecular weight excluding hydrogens is 424 g/mol. The van der Waals surface area contributed by atoms with Gasteiger partial charge in [-0.3, -0.25) is 4.68 Å². The Bertz CT molecular complexity index is 1520. The van der Waals surface area contributed by atoms with Crippen LogP contribution in [0.1, 0.15) is 11.4 Å². The molecule has 0 bridgehead atoms. The van der Waals surface area contributed by atoms with Gasteiger partial charge in [-0.05, 0) is 44.7 Å². The van der Waals surface area contributed by atoms with Crippen molar-refractivity contribution in [2.45, 2.75) is 13.8 Å². The van der Waals surface area contributed by atoms with Gasteiger partial charge in [-0.25, -0.2) is 15.0 Å². The Hall–Kier alpha value is -3.78. The minimum absolute atomic E-state index is 0.877. The molecule has 0 amide bonds. The molecule has 1 aromatic carbocycles. The van der Waals surface area contributed by atoms with Gasteiger partial charge in [0.15, 0.2) is 0 Å². The fraction of sp³-hybridized carbons (Fsp3) is 0.308. The molecule has 172 valence electrons. The van der Waals surface area contributed by atoms with Gasteiger partial charge in [-0.1, -0.05) is 6.07 Å². The average Bonchev–Trinajstić information content (AvgIpc) is 3.38. The summed E-state index contributed by atoms with van der Waals surface area (Å²) < 4.78 is 1.93. The van der Waals surface area contributed by atoms with E-state index in [0.717, 1.165) is 87.6 Å². The largest absolute Gasteiger partial charge is 0.353 e. The first-order valence-electron chi connectivity index (χ1n) is 11.7. The molecular formula is C26H28N8. The van der Waals surface area contributed by atoms with Crippen LogP contribution in [0.3, 0.4) is 0 Å². The van der Waals surface area contributed by atoms with Gasteiger partial charge in [-0.15, -0.1) is 0 Å². The molecule has 0 saturated carbocycles. The zero-order valence-corrected chi connectivity index (χ0v) is 20.0. The second kappa shape index (κ2) is 7.92. The van der Waals surface area contributed by atoms with Crippen LogP contribution >= 0.6 is 0 Å². The van der Waals surface area contributed by atoms with Gasteiger partial charge in [-0.2, -0.15) is 5.10 Å². The number of nitrogens with zero attached hydrogens (tertiary/aromatic N) is 7. The SMILES string of the molecule is Cc1nn(C)c(C)c1-c1cnc2[nH]cc(-c3ccc4ncnc(N5CCN(C)CC5)c4c3)c2c1. The minimum Gasteiger partial charge on any atom is -0.353 e. The Balaban J connectivity index is 1.47. The molecule has 1 N–H and O–H groups in total. The molecule has 0 unspecified atom stereocenters. The normalized spacial score (nSPS) is 15.0. The van der Waals surface area contributed by atoms with Crippen LogP contribution in [-0.4, -0.2) is 67.8 Å². The third kappa shape index (κ3) is 3.33. The lowest BCUT2D eigenvalue weighted by Crippen LogP contribution is -2.44. The molecule has 1 aliphatic heterocycles. The molecule has 0 spiro atoms. The maximum Gasteiger partial charge on any atom is 0.139 e. The number of benzene rings is 1. The minimum atomic E-state index is 0.877. The van der Waals surface area contributed by atoms with E-state index in [2.05, 4.69) is 68.1 Å². The van der Waals surface area contributed by atoms with E-state index in [1.165, 1.54) is 0 Å². The molecule has 5 aromatic rings. The lowest BCUT2D eigenvalue weighted by Gasteiger charge is -2.33. The summed E-state index contributed by atoms with van der Waals surface area (Å²) in [4.78, 5) is 22.0. The highest BCUT2D eigenvalue weighted by molar-refractivity contribution is 6.00. The van der Waals surface area contributed by atoms with E-state index in [0.29, 0.717) is 0 Å². The number of aryl methyl sites for hydroxylation is 2. The average molecular weight is 453 g/mol. The molecule has 0 atom stereocenters. The summed E-state index contributed by atoms with van der Waals surface area (Å²) in [5.74, 6) is 1.01. The van der Waals surface area contributed by atoms with Crippen LogP contribution in [0, 0.1) is 13.8 Å². The van der Waals surface area contributed by atoms with Crippen LogP contribution in [0.25, 0.3) is 44.2 Å². The smallest absolute Gasteiger partial charge is 0.139 e. The zero-order valence-electron chi connectivity index (χ0n) is 20.0. The van der Waals surface area contributed by atoms with E-state index >= 15 is 0 Å². The fourth-order valence-electron chi connectivity index (χ4n) is 5.05. The first-order chi connectivity index (χ1) is 16.5. The summed E-state index contributed by atoms with van der Waals surface area (Å²) in [6.07, 6.45) is 5.65. The maximum absolute atomic E-state index is 4.73. The molecule has 0 aliphatic carbocycles. The summed E-state index contributed by atoms with van der Waals surface area (Å²) in [6.45, 7) is 8.16. The van der Waals surface area contributed by atoms with Crippen molar-refractivity contribution < 1.29 is 0 Å². The Morgan fingerprint density at radius 1 is 0.882 bits per heavy atom. The van der Waals surface area contributed by atoms with Gasteiger partial charge in [0, 0.05) is 78.8 Å². The first-order valence-corrected chi connectivity index (χ1v) is 11.7. The lowest BCUT2D eigenvalue weighted by atomic mass is 10.00. The van der Waals surface area contributed by atoms with E-state index < -0.39 is 0 Å². The number of hydrogen-bond donors (Lipinski definition) is 1. The number of likely N-dealkylation sites (N-methyl/N-ethyl adjacent to an activating group) is 1. The molecule has 5 heterocycles. The van der Waals surface area contributed by atoms with E-state index in [1.54, 1.807) is 6.33 Å². The van der Waals surface area contributed by atoms with Crippen LogP contribution in [0.15, 0.2) is 43.0 Å². The number of anilines is 1. The predicted octanol–water partition coefficient (Wildman–Crippen LogP) is 3.94. The van der Waals surface area contributed by atoms with Crippen LogP contribution < -0.4 is 4.90 Å². The van der Waals surface area contributed by atoms with Crippen LogP contribution in [0.4, 0.5) is 5.82 Å². The quantitative estimate of drug-likeness (QED) is 0.447. The van der Waals surface area contributed by atoms with E-state index in [1.807, 2.05) is 31.0 Å². The van der Waals surface area contributed by atoms with Crippen LogP contribution in [0.2, 0.25) is 0 Å². The van der Waals surface area contributed by atoms with E-state index in [-0.39, 0.29) is 0 Å². The standard InChI is InChI=1S/C26H28N8/c1-16-24(17(2)33(4)31-16)19-12-20-22(14-28-25(20)27-13-19)18-5-6-23-21(11-18)26(30-15-29-23)34-9-7-32(3)8-10-34/h5-6,11-15H,7-10H2,1-4H3,(H,27,28). The van der Waals surface area contributed by atoms with Crippen molar-refractivity contribution in [3.63, 3.8) is 0 Å². The van der Waals surface area contributed by atoms with Gasteiger partial charge in [0.05, 0.1) is 11.2 Å². The zero-order chi connectivity index (χ0) is 23.4. The van der Waals surface area contributed by atoms with Crippen molar-refractivity contribution >= 4 is 27.8 Å². The molecule has 4 aromatic heterocycles. The maximum atomic E-state index is 4.73. The van der Waals surface area contributed by atoms with Gasteiger partial charge < -0.3 is 14.8 Å². The topological polar surface area (TPSA) is 78.8 Å². The van der Waals surface area contributed by atoms with Crippen LogP contribution in [0.5, 0.6) is 0 Å². The van der Waals surface area contributed by atoms with Gasteiger partial charge in [0.2, 0.25) is 0 Å². The van der Waals surface area contributed by atoms with Gasteiger partial charge in [0.1, 0.15) is 17.8 Å². The Kier molecular flexibility index (Phi) is 4.84. The first kappa shape index (κ1) is 20.8. The number of aromatic amines is 1. The molecule has 8 heteroatoms. The highest BCUT2D eigenvalue weighted by atomic mass is 15.3. The van der Waals surface area contributed by atoms with E-state index in [9.17, 15) is 0 Å². The summed E-state index contributed by atoms with van der Waals surface area (Å²) in [5.41, 5.74) is 8.47. The highest BCUT2D eigenvalue weighted by Crippen LogP contribution is 2.35. The summed E-state index contributed by atoms with van der Waals surface area (Å²) >= 11 is 0. The molecule has 34 heavy (non-hydrogen) atoms. The molecule has 1 aliphatic rings. The number of pyridine rings is 1. The molecule has 6 rings (SSSR count). The lowest BCUT2D eigenvalue weighted by molar-refractivity contribution is 0.312. The number of rotatable bonds is 3. The second-order valence-electron chi connectivity index (χ2n) is 9.21. The predicted molar refractivity (Wildman–Crippen MR) is 136 cm³/mol. The number of fused-ring (bicyclic) bond motifs is 2. The van der Waals surface area contributed by atoms with Gasteiger partial charge in [0.25, 0.3) is 0 Å². The Morgan fingerprint density at radius 3 is 2.44 bits per heavy atom. The number of nitrogens with one attached hydrogen (secondary N) is 1. The Morgan fingerprint density at radius 2 is 1.68 bits per heavy atom. The summed E-state index contributed by atoms with van der Waals surface area (Å²) in [7, 11) is 4.15. The number of aromatic nitrogens is 6. The number of H-pyrrole nitrogens is 1. The summed E-state index contributed by atoms with van der Waals surface area (Å²) in [5, 5.41) is 6.77. The van der Waals surface area contributed by atoms with Crippen molar-refractivity contribution in [1.82, 2.24) is 34.6 Å². The van der Waals surface area contributed by atoms with E-state index in [4.69, 9.17) is 4.98 Å². The third-order valence-electron chi connectivity index (χ3n) is 7.06. The fourth-order valence-corrected chi connectivity index (χ4v) is 5.05. The number of hydrogen-bond acceptors (Lipinski definition) is 6. The van der Waals surface area contributed by atoms with Gasteiger partial charge >= 0.3 is 0 Å². The molecule has 0 radical (unpaired) electrons. The highest BCUT2D eigenvalue weighted by Gasteiger charge is 2.19. The second-order valence-corrected chi connectivity index (χ2v) is 9.21. The van der Waals surface area contributed by atoms with Crippen molar-refractivity contribution in [1.29, 1.82) is 0 Å². The summed E-state index contributed by atoms with van der Waals surface area (Å²) in [6, 6.07) is 8.67. The van der Waals surface area contributed by atoms with Crippen molar-refractivity contribution in [2.24, 2.45) is 7.05 Å². The van der Waals surface area contributed by atoms with Crippen LogP contribution in [-0.2, 0) is 7.05 Å². The van der Waals surface area contributed by atoms with Crippen molar-refractivity contribution in [3.05, 3.63) is 54.4 Å². The molecule has 1 saturated heterocycles.